The molecule has 0 unspecified atom stereocenters. The zero-order valence-electron chi connectivity index (χ0n) is 10.2. The number of rotatable bonds is 5. The molecule has 0 saturated heterocycles. The van der Waals surface area contributed by atoms with Gasteiger partial charge in [0.2, 0.25) is 0 Å². The second-order valence-electron chi connectivity index (χ2n) is 4.79. The molecule has 0 spiro atoms. The van der Waals surface area contributed by atoms with Crippen LogP contribution in [0.5, 0.6) is 0 Å². The number of esters is 1. The first-order valence-electron chi connectivity index (χ1n) is 6.38. The molecule has 0 atom stereocenters. The highest BCUT2D eigenvalue weighted by Gasteiger charge is 2.34. The zero-order chi connectivity index (χ0) is 11.1. The van der Waals surface area contributed by atoms with Gasteiger partial charge >= 0.3 is 5.97 Å². The molecule has 0 amide bonds. The van der Waals surface area contributed by atoms with Crippen LogP contribution < -0.4 is 0 Å². The molecule has 0 aliphatic heterocycles. The van der Waals surface area contributed by atoms with E-state index in [0.29, 0.717) is 0 Å². The van der Waals surface area contributed by atoms with E-state index in [4.69, 9.17) is 4.74 Å². The second kappa shape index (κ2) is 6.14. The minimum absolute atomic E-state index is 0.0980. The van der Waals surface area contributed by atoms with Crippen molar-refractivity contribution in [3.05, 3.63) is 0 Å². The summed E-state index contributed by atoms with van der Waals surface area (Å²) in [6.45, 7) is 3.75. The van der Waals surface area contributed by atoms with Crippen LogP contribution >= 0.6 is 0 Å². The van der Waals surface area contributed by atoms with Crippen LogP contribution in [-0.2, 0) is 9.53 Å². The monoisotopic (exact) mass is 212 g/mol. The Morgan fingerprint density at radius 3 is 2.40 bits per heavy atom. The summed E-state index contributed by atoms with van der Waals surface area (Å²) in [4.78, 5) is 11.1. The maximum Gasteiger partial charge on any atom is 0.303 e. The third kappa shape index (κ3) is 4.23. The van der Waals surface area contributed by atoms with Gasteiger partial charge in [0, 0.05) is 6.92 Å². The second-order valence-corrected chi connectivity index (χ2v) is 4.79. The molecule has 0 aromatic carbocycles. The van der Waals surface area contributed by atoms with Crippen LogP contribution in [-0.4, -0.2) is 11.6 Å². The summed E-state index contributed by atoms with van der Waals surface area (Å²) in [7, 11) is 0. The average molecular weight is 212 g/mol. The molecule has 0 radical (unpaired) electrons. The van der Waals surface area contributed by atoms with Crippen LogP contribution in [0.2, 0.25) is 0 Å². The molecule has 2 heteroatoms. The van der Waals surface area contributed by atoms with Gasteiger partial charge in [0.25, 0.3) is 0 Å². The van der Waals surface area contributed by atoms with E-state index in [0.717, 1.165) is 19.3 Å². The largest absolute Gasteiger partial charge is 0.459 e. The summed E-state index contributed by atoms with van der Waals surface area (Å²) in [6, 6.07) is 0. The molecule has 0 aromatic heterocycles. The van der Waals surface area contributed by atoms with Crippen molar-refractivity contribution in [2.24, 2.45) is 0 Å². The van der Waals surface area contributed by atoms with Gasteiger partial charge in [-0.3, -0.25) is 4.79 Å². The molecule has 1 aliphatic carbocycles. The predicted molar refractivity (Wildman–Crippen MR) is 61.7 cm³/mol. The molecule has 0 aromatic rings. The van der Waals surface area contributed by atoms with Crippen molar-refractivity contribution >= 4 is 5.97 Å². The van der Waals surface area contributed by atoms with E-state index < -0.39 is 0 Å². The fourth-order valence-corrected chi connectivity index (χ4v) is 2.60. The Bertz CT molecular complexity index is 193. The van der Waals surface area contributed by atoms with Gasteiger partial charge in [-0.05, 0) is 38.5 Å². The van der Waals surface area contributed by atoms with Gasteiger partial charge in [0.1, 0.15) is 5.60 Å². The highest BCUT2D eigenvalue weighted by molar-refractivity contribution is 5.66. The first kappa shape index (κ1) is 12.5. The molecule has 88 valence electrons. The first-order chi connectivity index (χ1) is 7.18. The van der Waals surface area contributed by atoms with Crippen LogP contribution in [0.1, 0.15) is 71.6 Å². The maximum absolute atomic E-state index is 11.1. The smallest absolute Gasteiger partial charge is 0.303 e. The van der Waals surface area contributed by atoms with Gasteiger partial charge in [0.05, 0.1) is 0 Å². The summed E-state index contributed by atoms with van der Waals surface area (Å²) < 4.78 is 5.59. The topological polar surface area (TPSA) is 26.3 Å². The minimum Gasteiger partial charge on any atom is -0.459 e. The summed E-state index contributed by atoms with van der Waals surface area (Å²) in [5.74, 6) is -0.103. The molecule has 15 heavy (non-hydrogen) atoms. The Kier molecular flexibility index (Phi) is 5.13. The van der Waals surface area contributed by atoms with Gasteiger partial charge in [-0.2, -0.15) is 0 Å². The lowest BCUT2D eigenvalue weighted by atomic mass is 9.81. The normalized spacial score (nSPS) is 19.9. The van der Waals surface area contributed by atoms with Crippen LogP contribution in [0, 0.1) is 0 Å². The van der Waals surface area contributed by atoms with E-state index in [-0.39, 0.29) is 11.6 Å². The molecule has 1 fully saturated rings. The molecule has 0 heterocycles. The summed E-state index contributed by atoms with van der Waals surface area (Å²) >= 11 is 0. The van der Waals surface area contributed by atoms with Gasteiger partial charge < -0.3 is 4.74 Å². The number of hydrogen-bond acceptors (Lipinski definition) is 2. The molecule has 1 rings (SSSR count). The van der Waals surface area contributed by atoms with Crippen LogP contribution in [0.3, 0.4) is 0 Å². The Balaban J connectivity index is 2.46. The van der Waals surface area contributed by atoms with Gasteiger partial charge in [-0.25, -0.2) is 0 Å². The fraction of sp³-hybridized carbons (Fsp3) is 0.923. The molecule has 0 bridgehead atoms. The van der Waals surface area contributed by atoms with Gasteiger partial charge in [0.15, 0.2) is 0 Å². The van der Waals surface area contributed by atoms with E-state index >= 15 is 0 Å². The number of carbonyl (C=O) groups is 1. The van der Waals surface area contributed by atoms with Crippen molar-refractivity contribution in [1.82, 2.24) is 0 Å². The number of unbranched alkanes of at least 4 members (excludes halogenated alkanes) is 2. The van der Waals surface area contributed by atoms with Crippen LogP contribution in [0.4, 0.5) is 0 Å². The fourth-order valence-electron chi connectivity index (χ4n) is 2.60. The molecule has 1 aliphatic rings. The van der Waals surface area contributed by atoms with E-state index in [2.05, 4.69) is 6.92 Å². The standard InChI is InChI=1S/C13H24O2/c1-3-4-6-9-13(15-12(2)14)10-7-5-8-11-13/h3-11H2,1-2H3. The maximum atomic E-state index is 11.1. The van der Waals surface area contributed by atoms with E-state index in [1.165, 1.54) is 45.4 Å². The van der Waals surface area contributed by atoms with E-state index in [1.807, 2.05) is 0 Å². The zero-order valence-corrected chi connectivity index (χ0v) is 10.2. The molecular weight excluding hydrogens is 188 g/mol. The Hall–Kier alpha value is -0.530. The highest BCUT2D eigenvalue weighted by Crippen LogP contribution is 2.36. The molecule has 0 N–H and O–H groups in total. The SMILES string of the molecule is CCCCCC1(OC(C)=O)CCCCC1. The highest BCUT2D eigenvalue weighted by atomic mass is 16.6. The summed E-state index contributed by atoms with van der Waals surface area (Å²) in [5, 5.41) is 0. The lowest BCUT2D eigenvalue weighted by Crippen LogP contribution is -2.36. The van der Waals surface area contributed by atoms with E-state index in [1.54, 1.807) is 0 Å². The van der Waals surface area contributed by atoms with Crippen molar-refractivity contribution in [2.75, 3.05) is 0 Å². The summed E-state index contributed by atoms with van der Waals surface area (Å²) in [5.41, 5.74) is -0.0980. The lowest BCUT2D eigenvalue weighted by molar-refractivity contribution is -0.161. The van der Waals surface area contributed by atoms with Gasteiger partial charge in [-0.1, -0.05) is 26.2 Å². The first-order valence-corrected chi connectivity index (χ1v) is 6.38. The minimum atomic E-state index is -0.103. The van der Waals surface area contributed by atoms with Crippen LogP contribution in [0.15, 0.2) is 0 Å². The average Bonchev–Trinajstić information content (AvgIpc) is 2.18. The van der Waals surface area contributed by atoms with Gasteiger partial charge in [-0.15, -0.1) is 0 Å². The Morgan fingerprint density at radius 1 is 1.20 bits per heavy atom. The Morgan fingerprint density at radius 2 is 1.87 bits per heavy atom. The van der Waals surface area contributed by atoms with Crippen molar-refractivity contribution in [3.8, 4) is 0 Å². The van der Waals surface area contributed by atoms with Crippen molar-refractivity contribution in [3.63, 3.8) is 0 Å². The molecule has 2 nitrogen and oxygen atoms in total. The van der Waals surface area contributed by atoms with E-state index in [9.17, 15) is 4.79 Å². The summed E-state index contributed by atoms with van der Waals surface area (Å²) in [6.07, 6.45) is 10.7. The third-order valence-electron chi connectivity index (χ3n) is 3.36. The Labute approximate surface area is 93.4 Å². The molecule has 1 saturated carbocycles. The lowest BCUT2D eigenvalue weighted by Gasteiger charge is -2.36. The third-order valence-corrected chi connectivity index (χ3v) is 3.36. The quantitative estimate of drug-likeness (QED) is 0.511. The molecular formula is C13H24O2. The number of hydrogen-bond donors (Lipinski definition) is 0. The predicted octanol–water partition coefficient (Wildman–Crippen LogP) is 3.83. The number of carbonyl (C=O) groups excluding carboxylic acids is 1. The van der Waals surface area contributed by atoms with Crippen molar-refractivity contribution in [1.29, 1.82) is 0 Å². The number of ether oxygens (including phenoxy) is 1. The van der Waals surface area contributed by atoms with Crippen LogP contribution in [0.25, 0.3) is 0 Å². The van der Waals surface area contributed by atoms with Crippen molar-refractivity contribution < 1.29 is 9.53 Å². The van der Waals surface area contributed by atoms with Crippen molar-refractivity contribution in [2.45, 2.75) is 77.2 Å².